The van der Waals surface area contributed by atoms with E-state index in [-0.39, 0.29) is 5.91 Å². The van der Waals surface area contributed by atoms with Crippen LogP contribution in [0.25, 0.3) is 0 Å². The fraction of sp³-hybridized carbons (Fsp3) is 0.267. The number of benzene rings is 1. The van der Waals surface area contributed by atoms with Gasteiger partial charge in [0.15, 0.2) is 0 Å². The summed E-state index contributed by atoms with van der Waals surface area (Å²) in [5.41, 5.74) is 0.560. The van der Waals surface area contributed by atoms with Crippen LogP contribution in [0.2, 0.25) is 0 Å². The molecule has 0 bridgehead atoms. The first-order valence-electron chi connectivity index (χ1n) is 6.43. The number of amides is 1. The van der Waals surface area contributed by atoms with Crippen LogP contribution in [0.3, 0.4) is 0 Å². The number of carbonyl (C=O) groups excluding carboxylic acids is 1. The van der Waals surface area contributed by atoms with E-state index >= 15 is 0 Å². The summed E-state index contributed by atoms with van der Waals surface area (Å²) < 4.78 is 6.48. The fourth-order valence-electron chi connectivity index (χ4n) is 1.69. The van der Waals surface area contributed by atoms with E-state index in [4.69, 9.17) is 4.74 Å². The molecule has 3 nitrogen and oxygen atoms in total. The molecule has 1 heterocycles. The van der Waals surface area contributed by atoms with Crippen molar-refractivity contribution in [3.63, 3.8) is 0 Å². The molecule has 0 fully saturated rings. The Morgan fingerprint density at radius 3 is 2.95 bits per heavy atom. The Labute approximate surface area is 131 Å². The summed E-state index contributed by atoms with van der Waals surface area (Å²) in [7, 11) is 0. The first-order chi connectivity index (χ1) is 9.70. The number of thiophene rings is 1. The quantitative estimate of drug-likeness (QED) is 0.843. The molecule has 5 heteroatoms. The van der Waals surface area contributed by atoms with E-state index in [9.17, 15) is 4.79 Å². The summed E-state index contributed by atoms with van der Waals surface area (Å²) in [4.78, 5) is 13.4. The lowest BCUT2D eigenvalue weighted by Crippen LogP contribution is -2.23. The van der Waals surface area contributed by atoms with Gasteiger partial charge < -0.3 is 10.1 Å². The van der Waals surface area contributed by atoms with Crippen LogP contribution in [0.15, 0.2) is 40.2 Å². The Kier molecular flexibility index (Phi) is 5.61. The number of halogens is 1. The zero-order valence-corrected chi connectivity index (χ0v) is 13.6. The maximum atomic E-state index is 12.3. The first kappa shape index (κ1) is 15.1. The predicted molar refractivity (Wildman–Crippen MR) is 85.4 cm³/mol. The van der Waals surface area contributed by atoms with Crippen LogP contribution < -0.4 is 10.1 Å². The van der Waals surface area contributed by atoms with E-state index in [1.165, 1.54) is 0 Å². The van der Waals surface area contributed by atoms with Gasteiger partial charge in [0.25, 0.3) is 5.91 Å². The Morgan fingerprint density at radius 1 is 1.40 bits per heavy atom. The van der Waals surface area contributed by atoms with Crippen LogP contribution in [0.5, 0.6) is 5.75 Å². The van der Waals surface area contributed by atoms with E-state index < -0.39 is 0 Å². The molecule has 2 rings (SSSR count). The molecule has 0 aliphatic carbocycles. The van der Waals surface area contributed by atoms with Gasteiger partial charge in [-0.25, -0.2) is 0 Å². The molecule has 20 heavy (non-hydrogen) atoms. The summed E-state index contributed by atoms with van der Waals surface area (Å²) in [5, 5.41) is 4.91. The third-order valence-corrected chi connectivity index (χ3v) is 4.02. The van der Waals surface area contributed by atoms with Crippen molar-refractivity contribution >= 4 is 33.2 Å². The van der Waals surface area contributed by atoms with Gasteiger partial charge in [-0.1, -0.05) is 28.9 Å². The third kappa shape index (κ3) is 4.08. The van der Waals surface area contributed by atoms with Gasteiger partial charge in [0, 0.05) is 9.35 Å². The van der Waals surface area contributed by atoms with Crippen molar-refractivity contribution in [1.29, 1.82) is 0 Å². The van der Waals surface area contributed by atoms with E-state index in [2.05, 4.69) is 21.2 Å². The second-order valence-corrected chi connectivity index (χ2v) is 6.20. The number of hydrogen-bond acceptors (Lipinski definition) is 3. The Balaban J connectivity index is 2.08. The van der Waals surface area contributed by atoms with Crippen LogP contribution in [-0.2, 0) is 6.54 Å². The Hall–Kier alpha value is -1.33. The maximum Gasteiger partial charge on any atom is 0.255 e. The molecule has 1 aromatic heterocycles. The van der Waals surface area contributed by atoms with Crippen LogP contribution >= 0.6 is 27.3 Å². The van der Waals surface area contributed by atoms with Crippen LogP contribution in [-0.4, -0.2) is 12.5 Å². The summed E-state index contributed by atoms with van der Waals surface area (Å²) in [5.74, 6) is 0.504. The van der Waals surface area contributed by atoms with E-state index in [0.29, 0.717) is 24.5 Å². The second-order valence-electron chi connectivity index (χ2n) is 4.25. The average molecular weight is 354 g/mol. The molecule has 106 valence electrons. The van der Waals surface area contributed by atoms with Crippen molar-refractivity contribution in [1.82, 2.24) is 5.32 Å². The number of rotatable bonds is 6. The SMILES string of the molecule is CCCOc1ccc(Br)cc1C(=O)NCc1cccs1. The summed E-state index contributed by atoms with van der Waals surface area (Å²) in [6, 6.07) is 9.46. The van der Waals surface area contributed by atoms with E-state index in [1.54, 1.807) is 17.4 Å². The average Bonchev–Trinajstić information content (AvgIpc) is 2.96. The largest absolute Gasteiger partial charge is 0.493 e. The van der Waals surface area contributed by atoms with Crippen molar-refractivity contribution in [2.75, 3.05) is 6.61 Å². The fourth-order valence-corrected chi connectivity index (χ4v) is 2.70. The zero-order valence-electron chi connectivity index (χ0n) is 11.2. The Morgan fingerprint density at radius 2 is 2.25 bits per heavy atom. The highest BCUT2D eigenvalue weighted by atomic mass is 79.9. The molecule has 1 aromatic carbocycles. The maximum absolute atomic E-state index is 12.3. The molecule has 0 spiro atoms. The topological polar surface area (TPSA) is 38.3 Å². The van der Waals surface area contributed by atoms with Crippen molar-refractivity contribution in [3.05, 3.63) is 50.6 Å². The summed E-state index contributed by atoms with van der Waals surface area (Å²) in [6.45, 7) is 3.18. The van der Waals surface area contributed by atoms with Crippen LogP contribution in [0.4, 0.5) is 0 Å². The standard InChI is InChI=1S/C15H16BrNO2S/c1-2-7-19-14-6-5-11(16)9-13(14)15(18)17-10-12-4-3-8-20-12/h3-6,8-9H,2,7,10H2,1H3,(H,17,18). The van der Waals surface area contributed by atoms with Gasteiger partial charge in [0.2, 0.25) is 0 Å². The lowest BCUT2D eigenvalue weighted by atomic mass is 10.2. The highest BCUT2D eigenvalue weighted by molar-refractivity contribution is 9.10. The highest BCUT2D eigenvalue weighted by Gasteiger charge is 2.13. The molecule has 0 aliphatic rings. The normalized spacial score (nSPS) is 10.3. The van der Waals surface area contributed by atoms with Crippen molar-refractivity contribution < 1.29 is 9.53 Å². The monoisotopic (exact) mass is 353 g/mol. The minimum atomic E-state index is -0.120. The molecule has 0 atom stereocenters. The number of nitrogens with one attached hydrogen (secondary N) is 1. The van der Waals surface area contributed by atoms with Gasteiger partial charge in [0.1, 0.15) is 5.75 Å². The number of carbonyl (C=O) groups is 1. The van der Waals surface area contributed by atoms with Gasteiger partial charge in [-0.05, 0) is 36.1 Å². The summed E-state index contributed by atoms with van der Waals surface area (Å²) >= 11 is 5.02. The van der Waals surface area contributed by atoms with Crippen molar-refractivity contribution in [2.45, 2.75) is 19.9 Å². The lowest BCUT2D eigenvalue weighted by molar-refractivity contribution is 0.0947. The molecular formula is C15H16BrNO2S. The highest BCUT2D eigenvalue weighted by Crippen LogP contribution is 2.23. The van der Waals surface area contributed by atoms with E-state index in [0.717, 1.165) is 15.8 Å². The molecule has 2 aromatic rings. The molecule has 0 unspecified atom stereocenters. The van der Waals surface area contributed by atoms with Gasteiger partial charge in [-0.3, -0.25) is 4.79 Å². The minimum Gasteiger partial charge on any atom is -0.493 e. The molecule has 0 aliphatic heterocycles. The minimum absolute atomic E-state index is 0.120. The molecule has 0 saturated carbocycles. The third-order valence-electron chi connectivity index (χ3n) is 2.65. The van der Waals surface area contributed by atoms with Crippen molar-refractivity contribution in [3.8, 4) is 5.75 Å². The lowest BCUT2D eigenvalue weighted by Gasteiger charge is -2.11. The molecule has 1 N–H and O–H groups in total. The molecule has 1 amide bonds. The van der Waals surface area contributed by atoms with Gasteiger partial charge >= 0.3 is 0 Å². The van der Waals surface area contributed by atoms with Gasteiger partial charge in [-0.15, -0.1) is 11.3 Å². The van der Waals surface area contributed by atoms with Crippen LogP contribution in [0, 0.1) is 0 Å². The predicted octanol–water partition coefficient (Wildman–Crippen LogP) is 4.23. The number of ether oxygens (including phenoxy) is 1. The number of hydrogen-bond donors (Lipinski definition) is 1. The van der Waals surface area contributed by atoms with Gasteiger partial charge in [0.05, 0.1) is 18.7 Å². The first-order valence-corrected chi connectivity index (χ1v) is 8.11. The van der Waals surface area contributed by atoms with Crippen LogP contribution in [0.1, 0.15) is 28.6 Å². The molecular weight excluding hydrogens is 338 g/mol. The van der Waals surface area contributed by atoms with E-state index in [1.807, 2.05) is 36.6 Å². The van der Waals surface area contributed by atoms with Gasteiger partial charge in [-0.2, -0.15) is 0 Å². The summed E-state index contributed by atoms with van der Waals surface area (Å²) in [6.07, 6.45) is 0.909. The second kappa shape index (κ2) is 7.45. The molecule has 0 saturated heterocycles. The molecule has 0 radical (unpaired) electrons. The zero-order chi connectivity index (χ0) is 14.4. The van der Waals surface area contributed by atoms with Crippen molar-refractivity contribution in [2.24, 2.45) is 0 Å². The smallest absolute Gasteiger partial charge is 0.255 e. The Bertz CT molecular complexity index is 569.